The Balaban J connectivity index is 2.35. The molecule has 1 saturated heterocycles. The molecule has 15 heavy (non-hydrogen) atoms. The van der Waals surface area contributed by atoms with Gasteiger partial charge in [-0.25, -0.2) is 0 Å². The van der Waals surface area contributed by atoms with E-state index >= 15 is 0 Å². The van der Waals surface area contributed by atoms with E-state index in [1.54, 1.807) is 0 Å². The van der Waals surface area contributed by atoms with E-state index in [1.807, 2.05) is 0 Å². The first kappa shape index (κ1) is 13.0. The first-order valence-corrected chi connectivity index (χ1v) is 6.63. The van der Waals surface area contributed by atoms with Crippen molar-refractivity contribution in [2.24, 2.45) is 11.8 Å². The van der Waals surface area contributed by atoms with E-state index in [0.29, 0.717) is 0 Å². The van der Waals surface area contributed by atoms with Gasteiger partial charge in [-0.05, 0) is 37.8 Å². The summed E-state index contributed by atoms with van der Waals surface area (Å²) in [7, 11) is 0. The van der Waals surface area contributed by atoms with Crippen molar-refractivity contribution in [3.63, 3.8) is 0 Å². The second kappa shape index (κ2) is 6.49. The number of likely N-dealkylation sites (tertiary alicyclic amines) is 1. The zero-order chi connectivity index (χ0) is 11.3. The Morgan fingerprint density at radius 3 is 2.53 bits per heavy atom. The van der Waals surface area contributed by atoms with Gasteiger partial charge in [0.2, 0.25) is 0 Å². The van der Waals surface area contributed by atoms with Crippen LogP contribution in [0, 0.1) is 11.8 Å². The number of nitrogens with zero attached hydrogens (tertiary/aromatic N) is 1. The Bertz CT molecular complexity index is 168. The molecular weight excluding hydrogens is 184 g/mol. The molecule has 1 heterocycles. The van der Waals surface area contributed by atoms with Crippen LogP contribution in [0.3, 0.4) is 0 Å². The molecule has 1 rings (SSSR count). The lowest BCUT2D eigenvalue weighted by atomic mass is 9.95. The van der Waals surface area contributed by atoms with Crippen molar-refractivity contribution in [1.82, 2.24) is 10.2 Å². The van der Waals surface area contributed by atoms with Crippen molar-refractivity contribution >= 4 is 0 Å². The van der Waals surface area contributed by atoms with Gasteiger partial charge in [0.15, 0.2) is 0 Å². The number of nitrogens with one attached hydrogen (secondary N) is 1. The van der Waals surface area contributed by atoms with E-state index in [0.717, 1.165) is 31.0 Å². The summed E-state index contributed by atoms with van der Waals surface area (Å²) in [5, 5.41) is 3.48. The molecule has 2 nitrogen and oxygen atoms in total. The Morgan fingerprint density at radius 1 is 1.33 bits per heavy atom. The van der Waals surface area contributed by atoms with Gasteiger partial charge >= 0.3 is 0 Å². The summed E-state index contributed by atoms with van der Waals surface area (Å²) in [6, 6.07) is 0.758. The van der Waals surface area contributed by atoms with Gasteiger partial charge < -0.3 is 5.32 Å². The summed E-state index contributed by atoms with van der Waals surface area (Å²) in [6.07, 6.45) is 2.68. The fourth-order valence-electron chi connectivity index (χ4n) is 2.53. The number of rotatable bonds is 6. The fraction of sp³-hybridized carbons (Fsp3) is 1.00. The van der Waals surface area contributed by atoms with Gasteiger partial charge in [0.1, 0.15) is 0 Å². The van der Waals surface area contributed by atoms with E-state index in [9.17, 15) is 0 Å². The summed E-state index contributed by atoms with van der Waals surface area (Å²) in [5.74, 6) is 1.78. The predicted molar refractivity (Wildman–Crippen MR) is 67.1 cm³/mol. The van der Waals surface area contributed by atoms with Crippen molar-refractivity contribution in [2.45, 2.75) is 46.6 Å². The van der Waals surface area contributed by atoms with E-state index in [2.05, 4.69) is 37.9 Å². The molecule has 0 saturated carbocycles. The van der Waals surface area contributed by atoms with Gasteiger partial charge in [-0.15, -0.1) is 0 Å². The number of hydrogen-bond donors (Lipinski definition) is 1. The van der Waals surface area contributed by atoms with Crippen molar-refractivity contribution in [3.8, 4) is 0 Å². The molecule has 1 N–H and O–H groups in total. The summed E-state index contributed by atoms with van der Waals surface area (Å²) in [4.78, 5) is 2.69. The molecule has 1 aliphatic heterocycles. The minimum atomic E-state index is 0.758. The van der Waals surface area contributed by atoms with Crippen molar-refractivity contribution in [2.75, 3.05) is 26.2 Å². The first-order chi connectivity index (χ1) is 7.19. The molecule has 1 fully saturated rings. The molecule has 0 aromatic heterocycles. The second-order valence-corrected chi connectivity index (χ2v) is 5.16. The van der Waals surface area contributed by atoms with Crippen LogP contribution >= 0.6 is 0 Å². The lowest BCUT2D eigenvalue weighted by molar-refractivity contribution is 0.215. The van der Waals surface area contributed by atoms with Crippen molar-refractivity contribution in [3.05, 3.63) is 0 Å². The van der Waals surface area contributed by atoms with Gasteiger partial charge in [0.25, 0.3) is 0 Å². The normalized spacial score (nSPS) is 25.0. The van der Waals surface area contributed by atoms with Crippen LogP contribution in [0.4, 0.5) is 0 Å². The fourth-order valence-corrected chi connectivity index (χ4v) is 2.53. The molecule has 2 atom stereocenters. The summed E-state index contributed by atoms with van der Waals surface area (Å²) in [6.45, 7) is 14.1. The number of hydrogen-bond acceptors (Lipinski definition) is 2. The van der Waals surface area contributed by atoms with Gasteiger partial charge in [-0.2, -0.15) is 0 Å². The topological polar surface area (TPSA) is 15.3 Å². The minimum Gasteiger partial charge on any atom is -0.315 e. The zero-order valence-corrected chi connectivity index (χ0v) is 10.9. The molecule has 0 radical (unpaired) electrons. The van der Waals surface area contributed by atoms with Crippen LogP contribution in [-0.2, 0) is 0 Å². The Hall–Kier alpha value is -0.0800. The SMILES string of the molecule is CCNCC(CC)N1CCC(C(C)C)C1. The molecule has 90 valence electrons. The third-order valence-corrected chi connectivity index (χ3v) is 3.82. The average Bonchev–Trinajstić information content (AvgIpc) is 2.68. The third-order valence-electron chi connectivity index (χ3n) is 3.82. The summed E-state index contributed by atoms with van der Waals surface area (Å²) < 4.78 is 0. The highest BCUT2D eigenvalue weighted by Gasteiger charge is 2.28. The van der Waals surface area contributed by atoms with Crippen LogP contribution in [0.2, 0.25) is 0 Å². The van der Waals surface area contributed by atoms with E-state index in [1.165, 1.54) is 25.9 Å². The predicted octanol–water partition coefficient (Wildman–Crippen LogP) is 2.35. The molecular formula is C13H28N2. The summed E-state index contributed by atoms with van der Waals surface area (Å²) >= 11 is 0. The second-order valence-electron chi connectivity index (χ2n) is 5.16. The van der Waals surface area contributed by atoms with Crippen molar-refractivity contribution < 1.29 is 0 Å². The standard InChI is InChI=1S/C13H28N2/c1-5-13(9-14-6-2)15-8-7-12(10-15)11(3)4/h11-14H,5-10H2,1-4H3. The van der Waals surface area contributed by atoms with Gasteiger partial charge in [-0.1, -0.05) is 27.7 Å². The molecule has 0 aromatic carbocycles. The van der Waals surface area contributed by atoms with E-state index in [-0.39, 0.29) is 0 Å². The van der Waals surface area contributed by atoms with Crippen LogP contribution in [-0.4, -0.2) is 37.1 Å². The first-order valence-electron chi connectivity index (χ1n) is 6.63. The molecule has 0 bridgehead atoms. The maximum atomic E-state index is 3.48. The third kappa shape index (κ3) is 3.76. The lowest BCUT2D eigenvalue weighted by Gasteiger charge is -2.27. The Kier molecular flexibility index (Phi) is 5.62. The van der Waals surface area contributed by atoms with Gasteiger partial charge in [0, 0.05) is 19.1 Å². The van der Waals surface area contributed by atoms with Gasteiger partial charge in [0.05, 0.1) is 0 Å². The summed E-state index contributed by atoms with van der Waals surface area (Å²) in [5.41, 5.74) is 0. The maximum Gasteiger partial charge on any atom is 0.0218 e. The van der Waals surface area contributed by atoms with Gasteiger partial charge in [-0.3, -0.25) is 4.90 Å². The highest BCUT2D eigenvalue weighted by Crippen LogP contribution is 2.25. The minimum absolute atomic E-state index is 0.758. The molecule has 2 heteroatoms. The van der Waals surface area contributed by atoms with Crippen molar-refractivity contribution in [1.29, 1.82) is 0 Å². The lowest BCUT2D eigenvalue weighted by Crippen LogP contribution is -2.40. The molecule has 0 amide bonds. The molecule has 0 aliphatic carbocycles. The van der Waals surface area contributed by atoms with E-state index in [4.69, 9.17) is 0 Å². The molecule has 0 aromatic rings. The number of likely N-dealkylation sites (N-methyl/N-ethyl adjacent to an activating group) is 1. The van der Waals surface area contributed by atoms with Crippen LogP contribution in [0.1, 0.15) is 40.5 Å². The Morgan fingerprint density at radius 2 is 2.07 bits per heavy atom. The van der Waals surface area contributed by atoms with Crippen LogP contribution in [0.25, 0.3) is 0 Å². The smallest absolute Gasteiger partial charge is 0.0218 e. The molecule has 2 unspecified atom stereocenters. The zero-order valence-electron chi connectivity index (χ0n) is 10.9. The van der Waals surface area contributed by atoms with Crippen LogP contribution < -0.4 is 5.32 Å². The largest absolute Gasteiger partial charge is 0.315 e. The Labute approximate surface area is 95.4 Å². The average molecular weight is 212 g/mol. The maximum absolute atomic E-state index is 3.48. The van der Waals surface area contributed by atoms with Crippen LogP contribution in [0.15, 0.2) is 0 Å². The van der Waals surface area contributed by atoms with E-state index < -0.39 is 0 Å². The monoisotopic (exact) mass is 212 g/mol. The van der Waals surface area contributed by atoms with Crippen LogP contribution in [0.5, 0.6) is 0 Å². The highest BCUT2D eigenvalue weighted by molar-refractivity contribution is 4.83. The molecule has 0 spiro atoms. The molecule has 1 aliphatic rings. The highest BCUT2D eigenvalue weighted by atomic mass is 15.2. The quantitative estimate of drug-likeness (QED) is 0.727.